The van der Waals surface area contributed by atoms with Gasteiger partial charge in [-0.15, -0.1) is 0 Å². The minimum atomic E-state index is -3.80. The molecule has 0 saturated heterocycles. The van der Waals surface area contributed by atoms with E-state index in [0.717, 1.165) is 19.3 Å². The van der Waals surface area contributed by atoms with Crippen LogP contribution in [0.3, 0.4) is 0 Å². The van der Waals surface area contributed by atoms with Gasteiger partial charge in [0.15, 0.2) is 12.4 Å². The lowest BCUT2D eigenvalue weighted by Crippen LogP contribution is -2.51. The number of nitrogens with one attached hydrogen (secondary N) is 2. The molecule has 4 bridgehead atoms. The summed E-state index contributed by atoms with van der Waals surface area (Å²) in [7, 11) is -3.80. The lowest BCUT2D eigenvalue weighted by atomic mass is 9.48. The highest BCUT2D eigenvalue weighted by Crippen LogP contribution is 2.60. The zero-order chi connectivity index (χ0) is 22.9. The van der Waals surface area contributed by atoms with Crippen LogP contribution in [0.25, 0.3) is 0 Å². The molecule has 1 aromatic rings. The minimum Gasteiger partial charge on any atom is -0.458 e. The third kappa shape index (κ3) is 5.04. The lowest BCUT2D eigenvalue weighted by molar-refractivity contribution is -0.157. The molecule has 4 aliphatic rings. The summed E-state index contributed by atoms with van der Waals surface area (Å²) in [6, 6.07) is 5.71. The molecule has 4 fully saturated rings. The third-order valence-electron chi connectivity index (χ3n) is 7.10. The van der Waals surface area contributed by atoms with Crippen LogP contribution in [0.1, 0.15) is 51.9 Å². The number of carbonyl (C=O) groups is 3. The molecular weight excluding hydrogens is 432 g/mol. The SMILES string of the molecule is CC(=O)Nc1ccc(S(=O)(=O)NCCC(=O)OCC(=O)C23CC4CC(CC(C4)C2)C3)cc1. The van der Waals surface area contributed by atoms with E-state index < -0.39 is 16.0 Å². The Morgan fingerprint density at radius 2 is 1.56 bits per heavy atom. The molecule has 4 saturated carbocycles. The van der Waals surface area contributed by atoms with Crippen molar-refractivity contribution in [2.45, 2.75) is 56.8 Å². The normalized spacial score (nSPS) is 28.3. The molecule has 0 aromatic heterocycles. The van der Waals surface area contributed by atoms with Gasteiger partial charge in [-0.1, -0.05) is 0 Å². The van der Waals surface area contributed by atoms with E-state index in [1.54, 1.807) is 0 Å². The Labute approximate surface area is 188 Å². The number of anilines is 1. The van der Waals surface area contributed by atoms with E-state index >= 15 is 0 Å². The number of benzene rings is 1. The van der Waals surface area contributed by atoms with E-state index in [4.69, 9.17) is 4.74 Å². The highest BCUT2D eigenvalue weighted by Gasteiger charge is 2.54. The summed E-state index contributed by atoms with van der Waals surface area (Å²) in [6.07, 6.45) is 6.34. The number of ketones is 1. The summed E-state index contributed by atoms with van der Waals surface area (Å²) in [5.41, 5.74) is 0.184. The Bertz CT molecular complexity index is 967. The number of hydrogen-bond donors (Lipinski definition) is 2. The molecule has 8 nitrogen and oxygen atoms in total. The van der Waals surface area contributed by atoms with Crippen molar-refractivity contribution in [2.24, 2.45) is 23.2 Å². The smallest absolute Gasteiger partial charge is 0.307 e. The molecule has 9 heteroatoms. The molecule has 4 aliphatic carbocycles. The maximum Gasteiger partial charge on any atom is 0.307 e. The zero-order valence-corrected chi connectivity index (χ0v) is 19.1. The Balaban J connectivity index is 1.22. The van der Waals surface area contributed by atoms with Gasteiger partial charge in [0.2, 0.25) is 15.9 Å². The van der Waals surface area contributed by atoms with E-state index in [-0.39, 0.29) is 41.6 Å². The van der Waals surface area contributed by atoms with Gasteiger partial charge in [0.1, 0.15) is 0 Å². The van der Waals surface area contributed by atoms with Crippen molar-refractivity contribution in [3.05, 3.63) is 24.3 Å². The van der Waals surface area contributed by atoms with Gasteiger partial charge in [0.25, 0.3) is 0 Å². The van der Waals surface area contributed by atoms with Crippen LogP contribution in [-0.2, 0) is 29.1 Å². The summed E-state index contributed by atoms with van der Waals surface area (Å²) in [4.78, 5) is 36.1. The maximum atomic E-state index is 12.9. The van der Waals surface area contributed by atoms with Gasteiger partial charge in [0, 0.05) is 24.6 Å². The number of rotatable bonds is 9. The molecule has 174 valence electrons. The van der Waals surface area contributed by atoms with Crippen LogP contribution >= 0.6 is 0 Å². The van der Waals surface area contributed by atoms with Crippen molar-refractivity contribution < 1.29 is 27.5 Å². The van der Waals surface area contributed by atoms with Crippen LogP contribution in [0.15, 0.2) is 29.2 Å². The molecule has 0 heterocycles. The number of sulfonamides is 1. The highest BCUT2D eigenvalue weighted by atomic mass is 32.2. The summed E-state index contributed by atoms with van der Waals surface area (Å²) >= 11 is 0. The monoisotopic (exact) mass is 462 g/mol. The molecule has 0 spiro atoms. The van der Waals surface area contributed by atoms with Crippen LogP contribution < -0.4 is 10.0 Å². The van der Waals surface area contributed by atoms with Crippen molar-refractivity contribution >= 4 is 33.4 Å². The topological polar surface area (TPSA) is 119 Å². The van der Waals surface area contributed by atoms with Crippen LogP contribution in [0.2, 0.25) is 0 Å². The summed E-state index contributed by atoms with van der Waals surface area (Å²) in [6.45, 7) is 1.02. The van der Waals surface area contributed by atoms with Gasteiger partial charge in [-0.25, -0.2) is 13.1 Å². The van der Waals surface area contributed by atoms with Crippen molar-refractivity contribution in [1.29, 1.82) is 0 Å². The Morgan fingerprint density at radius 3 is 2.09 bits per heavy atom. The second kappa shape index (κ2) is 8.94. The number of amides is 1. The highest BCUT2D eigenvalue weighted by molar-refractivity contribution is 7.89. The number of ether oxygens (including phenoxy) is 1. The first-order valence-electron chi connectivity index (χ1n) is 11.2. The molecule has 5 rings (SSSR count). The summed E-state index contributed by atoms with van der Waals surface area (Å²) in [5.74, 6) is 1.11. The van der Waals surface area contributed by atoms with Gasteiger partial charge < -0.3 is 10.1 Å². The third-order valence-corrected chi connectivity index (χ3v) is 8.58. The van der Waals surface area contributed by atoms with Gasteiger partial charge >= 0.3 is 5.97 Å². The first-order chi connectivity index (χ1) is 15.1. The van der Waals surface area contributed by atoms with Crippen molar-refractivity contribution in [3.8, 4) is 0 Å². The van der Waals surface area contributed by atoms with E-state index in [1.165, 1.54) is 50.5 Å². The Hall–Kier alpha value is -2.26. The molecular formula is C23H30N2O6S. The Kier molecular flexibility index (Phi) is 6.40. The van der Waals surface area contributed by atoms with Gasteiger partial charge in [0.05, 0.1) is 11.3 Å². The average molecular weight is 463 g/mol. The van der Waals surface area contributed by atoms with Gasteiger partial charge in [-0.05, 0) is 80.5 Å². The van der Waals surface area contributed by atoms with Gasteiger partial charge in [-0.2, -0.15) is 0 Å². The molecule has 0 aliphatic heterocycles. The number of carbonyl (C=O) groups excluding carboxylic acids is 3. The van der Waals surface area contributed by atoms with Crippen LogP contribution in [0, 0.1) is 23.2 Å². The van der Waals surface area contributed by atoms with Crippen molar-refractivity contribution in [1.82, 2.24) is 4.72 Å². The van der Waals surface area contributed by atoms with E-state index in [0.29, 0.717) is 23.4 Å². The quantitative estimate of drug-likeness (QED) is 0.545. The second-order valence-electron chi connectivity index (χ2n) is 9.64. The second-order valence-corrected chi connectivity index (χ2v) is 11.4. The molecule has 32 heavy (non-hydrogen) atoms. The van der Waals surface area contributed by atoms with Crippen LogP contribution in [0.4, 0.5) is 5.69 Å². The first-order valence-corrected chi connectivity index (χ1v) is 12.7. The number of esters is 1. The van der Waals surface area contributed by atoms with Crippen molar-refractivity contribution in [2.75, 3.05) is 18.5 Å². The largest absolute Gasteiger partial charge is 0.458 e. The molecule has 0 atom stereocenters. The minimum absolute atomic E-state index is 0.0250. The standard InChI is InChI=1S/C23H30N2O6S/c1-15(26)25-19-2-4-20(5-3-19)32(29,30)24-7-6-22(28)31-14-21(27)23-11-16-8-17(12-23)10-18(9-16)13-23/h2-5,16-18,24H,6-14H2,1H3,(H,25,26). The molecule has 1 aromatic carbocycles. The fourth-order valence-corrected chi connectivity index (χ4v) is 7.15. The van der Waals surface area contributed by atoms with Crippen LogP contribution in [0.5, 0.6) is 0 Å². The number of hydrogen-bond acceptors (Lipinski definition) is 6. The molecule has 2 N–H and O–H groups in total. The summed E-state index contributed by atoms with van der Waals surface area (Å²) < 4.78 is 32.3. The Morgan fingerprint density at radius 1 is 1.00 bits per heavy atom. The average Bonchev–Trinajstić information content (AvgIpc) is 2.71. The molecule has 1 amide bonds. The predicted molar refractivity (Wildman–Crippen MR) is 117 cm³/mol. The first kappa shape index (κ1) is 22.9. The van der Waals surface area contributed by atoms with E-state index in [2.05, 4.69) is 10.0 Å². The number of Topliss-reactive ketones (excluding diaryl/α,β-unsaturated/α-hetero) is 1. The van der Waals surface area contributed by atoms with Gasteiger partial charge in [-0.3, -0.25) is 14.4 Å². The van der Waals surface area contributed by atoms with Crippen molar-refractivity contribution in [3.63, 3.8) is 0 Å². The maximum absolute atomic E-state index is 12.9. The summed E-state index contributed by atoms with van der Waals surface area (Å²) in [5, 5.41) is 2.56. The fraction of sp³-hybridized carbons (Fsp3) is 0.609. The fourth-order valence-electron chi connectivity index (χ4n) is 6.11. The van der Waals surface area contributed by atoms with E-state index in [9.17, 15) is 22.8 Å². The lowest BCUT2D eigenvalue weighted by Gasteiger charge is -2.55. The predicted octanol–water partition coefficient (Wildman–Crippen LogP) is 2.64. The van der Waals surface area contributed by atoms with Crippen LogP contribution in [-0.4, -0.2) is 39.2 Å². The van der Waals surface area contributed by atoms with E-state index in [1.807, 2.05) is 0 Å². The molecule has 0 radical (unpaired) electrons. The molecule has 0 unspecified atom stereocenters. The zero-order valence-electron chi connectivity index (χ0n) is 18.3.